The molecule has 0 rings (SSSR count). The highest BCUT2D eigenvalue weighted by Crippen LogP contribution is 2.40. The number of rotatable bonds is 10. The first kappa shape index (κ1) is 27.4. The van der Waals surface area contributed by atoms with Crippen molar-refractivity contribution in [3.8, 4) is 0 Å². The van der Waals surface area contributed by atoms with E-state index in [-0.39, 0.29) is 22.8 Å². The van der Waals surface area contributed by atoms with Crippen LogP contribution in [0.3, 0.4) is 0 Å². The van der Waals surface area contributed by atoms with Crippen molar-refractivity contribution >= 4 is 36.9 Å². The summed E-state index contributed by atoms with van der Waals surface area (Å²) in [6.07, 6.45) is 4.71. The molecule has 0 aromatic heterocycles. The monoisotopic (exact) mass is 522 g/mol. The van der Waals surface area contributed by atoms with Gasteiger partial charge in [0.25, 0.3) is 0 Å². The van der Waals surface area contributed by atoms with Crippen LogP contribution in [-0.4, -0.2) is 32.6 Å². The molecule has 4 nitrogen and oxygen atoms in total. The summed E-state index contributed by atoms with van der Waals surface area (Å²) in [5.41, 5.74) is 2.21. The van der Waals surface area contributed by atoms with Crippen LogP contribution in [0.5, 0.6) is 0 Å². The molecule has 0 aliphatic heterocycles. The third-order valence-electron chi connectivity index (χ3n) is 5.46. The lowest BCUT2D eigenvalue weighted by Gasteiger charge is -2.42. The molecule has 28 heavy (non-hydrogen) atoms. The molecule has 0 saturated heterocycles. The SMILES string of the molecule is CO/C(=C/C(C)=C/[C@@H](C)[C@@H](O[Si](C)(C)C(C)(C)C)[C@@H](C)C/C(C)=C/I)C(=O)O. The molecule has 0 aromatic rings. The van der Waals surface area contributed by atoms with E-state index in [0.717, 1.165) is 12.0 Å². The van der Waals surface area contributed by atoms with Gasteiger partial charge in [-0.25, -0.2) is 4.79 Å². The van der Waals surface area contributed by atoms with Gasteiger partial charge < -0.3 is 14.3 Å². The van der Waals surface area contributed by atoms with Gasteiger partial charge in [-0.3, -0.25) is 0 Å². The Kier molecular flexibility index (Phi) is 11.3. The van der Waals surface area contributed by atoms with Gasteiger partial charge in [0, 0.05) is 0 Å². The lowest BCUT2D eigenvalue weighted by Crippen LogP contribution is -2.47. The Morgan fingerprint density at radius 2 is 1.75 bits per heavy atom. The van der Waals surface area contributed by atoms with Crippen molar-refractivity contribution in [3.63, 3.8) is 0 Å². The summed E-state index contributed by atoms with van der Waals surface area (Å²) in [5, 5.41) is 9.30. The highest BCUT2D eigenvalue weighted by Gasteiger charge is 2.41. The number of hydrogen-bond acceptors (Lipinski definition) is 3. The number of carboxylic acids is 1. The summed E-state index contributed by atoms with van der Waals surface area (Å²) in [4.78, 5) is 11.2. The number of methoxy groups -OCH3 is 1. The summed E-state index contributed by atoms with van der Waals surface area (Å²) in [6.45, 7) is 19.8. The molecular formula is C22H39IO4Si. The average Bonchev–Trinajstić information content (AvgIpc) is 2.55. The number of carboxylic acid groups (broad SMARTS) is 1. The fourth-order valence-electron chi connectivity index (χ4n) is 2.90. The largest absolute Gasteiger partial charge is 0.490 e. The van der Waals surface area contributed by atoms with E-state index in [9.17, 15) is 9.90 Å². The van der Waals surface area contributed by atoms with Gasteiger partial charge in [-0.1, -0.05) is 74.4 Å². The van der Waals surface area contributed by atoms with Crippen LogP contribution in [0.1, 0.15) is 54.9 Å². The van der Waals surface area contributed by atoms with Gasteiger partial charge >= 0.3 is 5.97 Å². The molecule has 0 fully saturated rings. The average molecular weight is 523 g/mol. The van der Waals surface area contributed by atoms with Gasteiger partial charge in [0.1, 0.15) is 0 Å². The van der Waals surface area contributed by atoms with E-state index < -0.39 is 14.3 Å². The molecule has 0 spiro atoms. The lowest BCUT2D eigenvalue weighted by molar-refractivity contribution is -0.136. The zero-order chi connectivity index (χ0) is 22.3. The molecule has 0 amide bonds. The number of allylic oxidation sites excluding steroid dienone is 3. The first-order chi connectivity index (χ1) is 12.7. The molecule has 0 bridgehead atoms. The maximum Gasteiger partial charge on any atom is 0.371 e. The summed E-state index contributed by atoms with van der Waals surface area (Å²) < 4.78 is 13.9. The van der Waals surface area contributed by atoms with Gasteiger partial charge in [0.15, 0.2) is 8.32 Å². The molecule has 0 heterocycles. The van der Waals surface area contributed by atoms with Gasteiger partial charge in [-0.2, -0.15) is 0 Å². The van der Waals surface area contributed by atoms with Crippen molar-refractivity contribution < 1.29 is 19.1 Å². The Balaban J connectivity index is 5.83. The fraction of sp³-hybridized carbons (Fsp3) is 0.682. The van der Waals surface area contributed by atoms with E-state index in [1.807, 2.05) is 6.92 Å². The van der Waals surface area contributed by atoms with Crippen LogP contribution in [0.15, 0.2) is 33.1 Å². The van der Waals surface area contributed by atoms with Crippen LogP contribution in [0.4, 0.5) is 0 Å². The van der Waals surface area contributed by atoms with E-state index >= 15 is 0 Å². The molecule has 0 aromatic carbocycles. The zero-order valence-corrected chi connectivity index (χ0v) is 22.4. The van der Waals surface area contributed by atoms with Crippen molar-refractivity contribution in [2.75, 3.05) is 7.11 Å². The first-order valence-electron chi connectivity index (χ1n) is 9.77. The first-order valence-corrected chi connectivity index (χ1v) is 13.9. The topological polar surface area (TPSA) is 55.8 Å². The van der Waals surface area contributed by atoms with Gasteiger partial charge in [-0.05, 0) is 60.4 Å². The molecule has 0 aliphatic carbocycles. The quantitative estimate of drug-likeness (QED) is 0.111. The van der Waals surface area contributed by atoms with Crippen molar-refractivity contribution in [2.24, 2.45) is 11.8 Å². The second-order valence-electron chi connectivity index (χ2n) is 9.27. The van der Waals surface area contributed by atoms with Crippen LogP contribution in [0, 0.1) is 11.8 Å². The van der Waals surface area contributed by atoms with Crippen molar-refractivity contribution in [1.29, 1.82) is 0 Å². The Hall–Kier alpha value is -0.603. The molecule has 1 N–H and O–H groups in total. The Morgan fingerprint density at radius 3 is 2.14 bits per heavy atom. The Labute approximate surface area is 186 Å². The molecule has 162 valence electrons. The molecule has 0 unspecified atom stereocenters. The van der Waals surface area contributed by atoms with E-state index in [1.165, 1.54) is 12.7 Å². The van der Waals surface area contributed by atoms with E-state index in [2.05, 4.69) is 87.4 Å². The highest BCUT2D eigenvalue weighted by atomic mass is 127. The third kappa shape index (κ3) is 8.82. The minimum atomic E-state index is -1.95. The smallest absolute Gasteiger partial charge is 0.371 e. The molecule has 0 saturated carbocycles. The van der Waals surface area contributed by atoms with E-state index in [0.29, 0.717) is 5.92 Å². The van der Waals surface area contributed by atoms with Crippen molar-refractivity contribution in [2.45, 2.75) is 79.1 Å². The number of carbonyl (C=O) groups is 1. The minimum Gasteiger partial charge on any atom is -0.490 e. The summed E-state index contributed by atoms with van der Waals surface area (Å²) in [6, 6.07) is 0. The number of aliphatic carboxylic acids is 1. The summed E-state index contributed by atoms with van der Waals surface area (Å²) >= 11 is 2.29. The van der Waals surface area contributed by atoms with E-state index in [1.54, 1.807) is 6.08 Å². The second kappa shape index (κ2) is 11.5. The predicted molar refractivity (Wildman–Crippen MR) is 129 cm³/mol. The van der Waals surface area contributed by atoms with Crippen LogP contribution >= 0.6 is 22.6 Å². The van der Waals surface area contributed by atoms with Gasteiger partial charge in [0.05, 0.1) is 13.2 Å². The third-order valence-corrected chi connectivity index (χ3v) is 11.0. The van der Waals surface area contributed by atoms with Crippen LogP contribution < -0.4 is 0 Å². The Bertz CT molecular complexity index is 615. The van der Waals surface area contributed by atoms with Crippen LogP contribution in [0.2, 0.25) is 18.1 Å². The molecule has 3 atom stereocenters. The van der Waals surface area contributed by atoms with Crippen molar-refractivity contribution in [3.05, 3.63) is 33.1 Å². The van der Waals surface area contributed by atoms with Crippen LogP contribution in [-0.2, 0) is 14.0 Å². The second-order valence-corrected chi connectivity index (χ2v) is 14.6. The molecule has 6 heteroatoms. The zero-order valence-electron chi connectivity index (χ0n) is 19.2. The Morgan fingerprint density at radius 1 is 1.21 bits per heavy atom. The number of ether oxygens (including phenoxy) is 1. The normalized spacial score (nSPS) is 17.9. The maximum absolute atomic E-state index is 11.2. The minimum absolute atomic E-state index is 0.0560. The number of hydrogen-bond donors (Lipinski definition) is 1. The summed E-state index contributed by atoms with van der Waals surface area (Å²) in [7, 11) is -0.571. The van der Waals surface area contributed by atoms with Gasteiger partial charge in [-0.15, -0.1) is 0 Å². The van der Waals surface area contributed by atoms with Crippen LogP contribution in [0.25, 0.3) is 0 Å². The van der Waals surface area contributed by atoms with Gasteiger partial charge in [0.2, 0.25) is 5.76 Å². The predicted octanol–water partition coefficient (Wildman–Crippen LogP) is 6.94. The maximum atomic E-state index is 11.2. The fourth-order valence-corrected chi connectivity index (χ4v) is 4.63. The summed E-state index contributed by atoms with van der Waals surface area (Å²) in [5.74, 6) is -0.619. The molecule has 0 aliphatic rings. The lowest BCUT2D eigenvalue weighted by atomic mass is 9.88. The van der Waals surface area contributed by atoms with E-state index in [4.69, 9.17) is 9.16 Å². The number of halogens is 1. The molecular weight excluding hydrogens is 483 g/mol. The standard InChI is InChI=1S/C22H39IO4Si/c1-15(13-19(26-8)21(24)25)11-17(3)20(18(4)12-16(2)14-23)27-28(9,10)22(5,6)7/h11,13-14,17-18,20H,12H2,1-10H3,(H,24,25)/b15-11+,16-14+,19-13+/t17-,18+,20-/m1/s1. The van der Waals surface area contributed by atoms with Crippen molar-refractivity contribution in [1.82, 2.24) is 0 Å². The molecule has 0 radical (unpaired) electrons. The highest BCUT2D eigenvalue weighted by molar-refractivity contribution is 14.1.